The fourth-order valence-corrected chi connectivity index (χ4v) is 4.59. The van der Waals surface area contributed by atoms with E-state index >= 15 is 0 Å². The summed E-state index contributed by atoms with van der Waals surface area (Å²) in [7, 11) is 0. The number of hydrogen-bond donors (Lipinski definition) is 1. The van der Waals surface area contributed by atoms with Gasteiger partial charge >= 0.3 is 0 Å². The highest BCUT2D eigenvalue weighted by molar-refractivity contribution is 6.06. The Kier molecular flexibility index (Phi) is 8.25. The zero-order valence-electron chi connectivity index (χ0n) is 23.2. The molecule has 2 aromatic rings. The molecular weight excluding hydrogens is 464 g/mol. The highest BCUT2D eigenvalue weighted by atomic mass is 16.2. The van der Waals surface area contributed by atoms with Gasteiger partial charge in [0.15, 0.2) is 0 Å². The number of carbonyl (C=O) groups excluding carboxylic acids is 3. The number of rotatable bonds is 6. The Hall–Kier alpha value is -3.48. The Morgan fingerprint density at radius 3 is 2.24 bits per heavy atom. The largest absolute Gasteiger partial charge is 0.349 e. The molecule has 0 spiro atoms. The molecule has 0 saturated carbocycles. The molecule has 0 bridgehead atoms. The lowest BCUT2D eigenvalue weighted by Crippen LogP contribution is -2.54. The molecule has 0 radical (unpaired) electrons. The Morgan fingerprint density at radius 1 is 1.08 bits per heavy atom. The third kappa shape index (κ3) is 6.64. The number of hydrogen-bond acceptors (Lipinski definition) is 4. The Balaban J connectivity index is 2.17. The number of amides is 3. The topological polar surface area (TPSA) is 82.6 Å². The summed E-state index contributed by atoms with van der Waals surface area (Å²) in [5.74, 6) is -0.853. The van der Waals surface area contributed by atoms with E-state index < -0.39 is 17.6 Å². The molecule has 37 heavy (non-hydrogen) atoms. The maximum Gasteiger partial charge on any atom is 0.250 e. The average molecular weight is 505 g/mol. The van der Waals surface area contributed by atoms with Gasteiger partial charge in [-0.3, -0.25) is 24.3 Å². The molecule has 2 unspecified atom stereocenters. The van der Waals surface area contributed by atoms with E-state index in [1.165, 1.54) is 0 Å². The first-order valence-electron chi connectivity index (χ1n) is 12.8. The van der Waals surface area contributed by atoms with Crippen LogP contribution in [0.4, 0.5) is 5.69 Å². The maximum absolute atomic E-state index is 14.4. The number of carbonyl (C=O) groups is 3. The molecule has 1 aliphatic rings. The molecule has 2 atom stereocenters. The van der Waals surface area contributed by atoms with E-state index in [2.05, 4.69) is 37.7 Å². The normalized spacial score (nSPS) is 16.7. The van der Waals surface area contributed by atoms with Gasteiger partial charge < -0.3 is 10.2 Å². The van der Waals surface area contributed by atoms with E-state index in [9.17, 15) is 14.4 Å². The molecule has 1 N–H and O–H groups in total. The molecule has 7 heteroatoms. The molecular formula is C30H40N4O3. The minimum atomic E-state index is -0.969. The maximum atomic E-state index is 14.4. The highest BCUT2D eigenvalue weighted by Gasteiger charge is 2.42. The van der Waals surface area contributed by atoms with Gasteiger partial charge in [-0.25, -0.2) is 0 Å². The highest BCUT2D eigenvalue weighted by Crippen LogP contribution is 2.33. The van der Waals surface area contributed by atoms with Crippen molar-refractivity contribution in [2.75, 3.05) is 11.4 Å². The zero-order chi connectivity index (χ0) is 27.5. The van der Waals surface area contributed by atoms with E-state index in [0.29, 0.717) is 36.2 Å². The third-order valence-electron chi connectivity index (χ3n) is 6.42. The summed E-state index contributed by atoms with van der Waals surface area (Å²) in [4.78, 5) is 48.4. The fraction of sp³-hybridized carbons (Fsp3) is 0.467. The summed E-state index contributed by atoms with van der Waals surface area (Å²) >= 11 is 0. The van der Waals surface area contributed by atoms with Crippen LogP contribution < -0.4 is 10.2 Å². The molecule has 0 aliphatic carbocycles. The first kappa shape index (κ1) is 28.1. The molecule has 1 saturated heterocycles. The van der Waals surface area contributed by atoms with Crippen molar-refractivity contribution in [1.82, 2.24) is 15.2 Å². The van der Waals surface area contributed by atoms with Crippen molar-refractivity contribution in [3.05, 3.63) is 72.1 Å². The Morgan fingerprint density at radius 2 is 1.73 bits per heavy atom. The van der Waals surface area contributed by atoms with E-state index in [0.717, 1.165) is 5.56 Å². The van der Waals surface area contributed by atoms with Gasteiger partial charge in [-0.05, 0) is 69.7 Å². The predicted molar refractivity (Wildman–Crippen MR) is 147 cm³/mol. The minimum Gasteiger partial charge on any atom is -0.349 e. The average Bonchev–Trinajstić information content (AvgIpc) is 3.30. The Labute approximate surface area is 221 Å². The van der Waals surface area contributed by atoms with Crippen LogP contribution >= 0.6 is 0 Å². The van der Waals surface area contributed by atoms with Gasteiger partial charge in [0, 0.05) is 41.3 Å². The van der Waals surface area contributed by atoms with Gasteiger partial charge in [-0.15, -0.1) is 0 Å². The summed E-state index contributed by atoms with van der Waals surface area (Å²) in [5, 5.41) is 3.05. The van der Waals surface area contributed by atoms with Crippen LogP contribution in [0, 0.1) is 0 Å². The summed E-state index contributed by atoms with van der Waals surface area (Å²) in [6, 6.07) is 9.64. The van der Waals surface area contributed by atoms with Crippen LogP contribution in [0.5, 0.6) is 0 Å². The van der Waals surface area contributed by atoms with E-state index in [1.54, 1.807) is 41.2 Å². The van der Waals surface area contributed by atoms with E-state index in [4.69, 9.17) is 0 Å². The molecule has 3 amide bonds. The summed E-state index contributed by atoms with van der Waals surface area (Å²) in [5.41, 5.74) is 2.09. The lowest BCUT2D eigenvalue weighted by atomic mass is 9.87. The Bertz CT molecular complexity index is 1140. The third-order valence-corrected chi connectivity index (χ3v) is 6.42. The second-order valence-corrected chi connectivity index (χ2v) is 11.9. The molecule has 198 valence electrons. The van der Waals surface area contributed by atoms with Crippen LogP contribution in [-0.4, -0.2) is 45.7 Å². The predicted octanol–water partition coefficient (Wildman–Crippen LogP) is 4.94. The van der Waals surface area contributed by atoms with Crippen LogP contribution in [-0.2, 0) is 19.8 Å². The van der Waals surface area contributed by atoms with E-state index in [1.807, 2.05) is 45.0 Å². The van der Waals surface area contributed by atoms with Crippen molar-refractivity contribution in [1.29, 1.82) is 0 Å². The summed E-state index contributed by atoms with van der Waals surface area (Å²) < 4.78 is 0. The monoisotopic (exact) mass is 504 g/mol. The SMILES string of the molecule is C=C(C)C(=O)N1CCCC1C(=O)N(c1ccc(C(C)(C)C)cc1)C(C(=O)NC(C)(C)C)c1cccnc1. The molecule has 1 aromatic heterocycles. The molecule has 7 nitrogen and oxygen atoms in total. The summed E-state index contributed by atoms with van der Waals surface area (Å²) in [6.07, 6.45) is 4.48. The van der Waals surface area contributed by atoms with Crippen molar-refractivity contribution in [2.45, 2.75) is 84.3 Å². The molecule has 1 fully saturated rings. The lowest BCUT2D eigenvalue weighted by Gasteiger charge is -2.37. The first-order chi connectivity index (χ1) is 17.2. The smallest absolute Gasteiger partial charge is 0.250 e. The van der Waals surface area contributed by atoms with Gasteiger partial charge in [0.1, 0.15) is 12.1 Å². The lowest BCUT2D eigenvalue weighted by molar-refractivity contribution is -0.135. The van der Waals surface area contributed by atoms with Crippen LogP contribution in [0.1, 0.15) is 78.5 Å². The number of benzene rings is 1. The van der Waals surface area contributed by atoms with Crippen molar-refractivity contribution in [3.63, 3.8) is 0 Å². The number of pyridine rings is 1. The second kappa shape index (κ2) is 10.9. The second-order valence-electron chi connectivity index (χ2n) is 11.9. The van der Waals surface area contributed by atoms with Gasteiger partial charge in [0.2, 0.25) is 11.8 Å². The van der Waals surface area contributed by atoms with Crippen LogP contribution in [0.25, 0.3) is 0 Å². The number of aromatic nitrogens is 1. The zero-order valence-corrected chi connectivity index (χ0v) is 23.2. The van der Waals surface area contributed by atoms with Gasteiger partial charge in [-0.2, -0.15) is 0 Å². The van der Waals surface area contributed by atoms with Gasteiger partial charge in [-0.1, -0.05) is 45.5 Å². The van der Waals surface area contributed by atoms with Crippen molar-refractivity contribution in [2.24, 2.45) is 0 Å². The number of likely N-dealkylation sites (tertiary alicyclic amines) is 1. The molecule has 1 aliphatic heterocycles. The van der Waals surface area contributed by atoms with Crippen LogP contribution in [0.2, 0.25) is 0 Å². The fourth-order valence-electron chi connectivity index (χ4n) is 4.59. The quantitative estimate of drug-likeness (QED) is 0.565. The first-order valence-corrected chi connectivity index (χ1v) is 12.8. The number of anilines is 1. The number of nitrogens with one attached hydrogen (secondary N) is 1. The van der Waals surface area contributed by atoms with Crippen molar-refractivity contribution in [3.8, 4) is 0 Å². The standard InChI is InChI=1S/C30H40N4O3/c1-20(2)27(36)33-18-10-12-24(33)28(37)34(23-15-13-22(14-16-23)29(3,4)5)25(21-11-9-17-31-19-21)26(35)32-30(6,7)8/h9,11,13-17,19,24-25H,1,10,12,18H2,2-8H3,(H,32,35). The molecule has 2 heterocycles. The molecule has 1 aromatic carbocycles. The van der Waals surface area contributed by atoms with Crippen molar-refractivity contribution >= 4 is 23.4 Å². The van der Waals surface area contributed by atoms with Crippen LogP contribution in [0.3, 0.4) is 0 Å². The van der Waals surface area contributed by atoms with E-state index in [-0.39, 0.29) is 23.1 Å². The van der Waals surface area contributed by atoms with Crippen LogP contribution in [0.15, 0.2) is 60.9 Å². The van der Waals surface area contributed by atoms with Gasteiger partial charge in [0.25, 0.3) is 5.91 Å². The van der Waals surface area contributed by atoms with Crippen molar-refractivity contribution < 1.29 is 14.4 Å². The number of nitrogens with zero attached hydrogens (tertiary/aromatic N) is 3. The summed E-state index contributed by atoms with van der Waals surface area (Å²) in [6.45, 7) is 18.0. The van der Waals surface area contributed by atoms with Gasteiger partial charge in [0.05, 0.1) is 0 Å². The molecule has 3 rings (SSSR count). The minimum absolute atomic E-state index is 0.0735.